The van der Waals surface area contributed by atoms with E-state index in [0.29, 0.717) is 19.6 Å². The average Bonchev–Trinajstić information content (AvgIpc) is 3.74. The molecule has 6 aliphatic heterocycles. The summed E-state index contributed by atoms with van der Waals surface area (Å²) in [5.74, 6) is -0.0438. The molecular formula is C32H46N8O3. The van der Waals surface area contributed by atoms with E-state index in [1.165, 1.54) is 24.0 Å². The number of hydrogen-bond donors (Lipinski definition) is 4. The maximum Gasteiger partial charge on any atom is 0.249 e. The largest absolute Gasteiger partial charge is 0.365 e. The number of hydrogen-bond acceptors (Lipinski definition) is 9. The third-order valence-corrected chi connectivity index (χ3v) is 11.0. The number of allylic oxidation sites excluding steroid dienone is 1. The lowest BCUT2D eigenvalue weighted by Gasteiger charge is -2.51. The van der Waals surface area contributed by atoms with Gasteiger partial charge in [-0.05, 0) is 74.2 Å². The third kappa shape index (κ3) is 4.71. The Balaban J connectivity index is 1.06. The van der Waals surface area contributed by atoms with Crippen molar-refractivity contribution in [3.8, 4) is 0 Å². The Kier molecular flexibility index (Phi) is 6.67. The fraction of sp³-hybridized carbons (Fsp3) is 0.688. The molecule has 1 aliphatic carbocycles. The first-order valence-electron chi connectivity index (χ1n) is 16.2. The standard InChI is InChI=1S/C32H46N8O3/c1-31(2)11-4-5-14-39-29(42)22-17-33-30(34-21-7-6-20-10-15-37(3)32(12-13-32)23(20)16-21)36-27(22)40(39)25-9-8-24-28(35-25)38(19-31)26(41)18-43-24/h4-7,16,22,24-25,27-28,30,33-36H,8-15,17-19H2,1-3H3/b5-4-. The monoisotopic (exact) mass is 590 g/mol. The number of morpholine rings is 1. The average molecular weight is 591 g/mol. The van der Waals surface area contributed by atoms with E-state index in [4.69, 9.17) is 4.74 Å². The number of nitrogens with one attached hydrogen (secondary N) is 4. The summed E-state index contributed by atoms with van der Waals surface area (Å²) in [6.45, 7) is 7.46. The highest BCUT2D eigenvalue weighted by molar-refractivity contribution is 5.82. The Labute approximate surface area is 254 Å². The van der Waals surface area contributed by atoms with Crippen molar-refractivity contribution < 1.29 is 14.3 Å². The van der Waals surface area contributed by atoms with Gasteiger partial charge in [0.1, 0.15) is 19.1 Å². The van der Waals surface area contributed by atoms with E-state index in [1.807, 2.05) is 9.91 Å². The van der Waals surface area contributed by atoms with Crippen LogP contribution in [0.5, 0.6) is 0 Å². The van der Waals surface area contributed by atoms with Gasteiger partial charge in [-0.25, -0.2) is 0 Å². The lowest BCUT2D eigenvalue weighted by Crippen LogP contribution is -2.72. The molecule has 1 spiro atoms. The molecule has 43 heavy (non-hydrogen) atoms. The Morgan fingerprint density at radius 1 is 1.07 bits per heavy atom. The first-order chi connectivity index (χ1) is 20.7. The highest BCUT2D eigenvalue weighted by Gasteiger charge is 2.54. The zero-order valence-corrected chi connectivity index (χ0v) is 25.6. The zero-order chi connectivity index (χ0) is 29.5. The Hall–Kier alpha value is -2.54. The molecule has 4 saturated heterocycles. The van der Waals surface area contributed by atoms with E-state index in [0.717, 1.165) is 37.9 Å². The third-order valence-electron chi connectivity index (χ3n) is 11.0. The molecule has 6 unspecified atom stereocenters. The van der Waals surface area contributed by atoms with Gasteiger partial charge in [0, 0.05) is 30.9 Å². The number of carbonyl (C=O) groups excluding carboxylic acids is 2. The van der Waals surface area contributed by atoms with E-state index in [9.17, 15) is 9.59 Å². The van der Waals surface area contributed by atoms with Crippen LogP contribution in [0.3, 0.4) is 0 Å². The highest BCUT2D eigenvalue weighted by atomic mass is 16.5. The SMILES string of the molecule is CN1CCc2ccc(NC3NCC4C(=O)N5C/C=C\CC(C)(C)CN6C(=O)COC7CCC(NC76)N5C4N3)cc2C12CC2. The molecule has 0 radical (unpaired) electrons. The van der Waals surface area contributed by atoms with Crippen molar-refractivity contribution in [3.05, 3.63) is 41.5 Å². The minimum Gasteiger partial charge on any atom is -0.365 e. The quantitative estimate of drug-likeness (QED) is 0.380. The normalized spacial score (nSPS) is 37.6. The van der Waals surface area contributed by atoms with Crippen molar-refractivity contribution >= 4 is 17.5 Å². The van der Waals surface area contributed by atoms with E-state index < -0.39 is 0 Å². The number of likely N-dealkylation sites (N-methyl/N-ethyl adjacent to an activating group) is 1. The summed E-state index contributed by atoms with van der Waals surface area (Å²) in [4.78, 5) is 31.5. The molecule has 5 fully saturated rings. The first-order valence-corrected chi connectivity index (χ1v) is 16.2. The van der Waals surface area contributed by atoms with E-state index >= 15 is 0 Å². The summed E-state index contributed by atoms with van der Waals surface area (Å²) in [5.41, 5.74) is 4.17. The van der Waals surface area contributed by atoms with Crippen molar-refractivity contribution in [2.75, 3.05) is 45.2 Å². The van der Waals surface area contributed by atoms with Gasteiger partial charge in [-0.2, -0.15) is 5.01 Å². The zero-order valence-electron chi connectivity index (χ0n) is 25.6. The van der Waals surface area contributed by atoms with Crippen LogP contribution in [-0.2, 0) is 26.3 Å². The number of piperidine rings is 1. The molecule has 2 amide bonds. The second kappa shape index (κ2) is 10.3. The molecule has 2 bridgehead atoms. The smallest absolute Gasteiger partial charge is 0.249 e. The van der Waals surface area contributed by atoms with Gasteiger partial charge < -0.3 is 15.0 Å². The van der Waals surface area contributed by atoms with Crippen LogP contribution in [0.2, 0.25) is 0 Å². The molecule has 0 aromatic heterocycles. The van der Waals surface area contributed by atoms with Crippen LogP contribution >= 0.6 is 0 Å². The molecule has 232 valence electrons. The number of nitrogens with zero attached hydrogens (tertiary/aromatic N) is 4. The lowest BCUT2D eigenvalue weighted by atomic mass is 9.87. The van der Waals surface area contributed by atoms with Crippen molar-refractivity contribution in [2.45, 2.75) is 88.8 Å². The Morgan fingerprint density at radius 3 is 2.77 bits per heavy atom. The molecule has 11 nitrogen and oxygen atoms in total. The van der Waals surface area contributed by atoms with Gasteiger partial charge in [0.2, 0.25) is 11.8 Å². The summed E-state index contributed by atoms with van der Waals surface area (Å²) in [6.07, 6.45) is 9.63. The molecule has 8 rings (SSSR count). The van der Waals surface area contributed by atoms with Gasteiger partial charge in [-0.1, -0.05) is 32.1 Å². The van der Waals surface area contributed by atoms with Crippen molar-refractivity contribution in [2.24, 2.45) is 11.3 Å². The molecule has 1 aromatic carbocycles. The molecule has 1 aromatic rings. The van der Waals surface area contributed by atoms with Gasteiger partial charge in [0.15, 0.2) is 0 Å². The van der Waals surface area contributed by atoms with Crippen LogP contribution in [0, 0.1) is 11.3 Å². The van der Waals surface area contributed by atoms with Crippen LogP contribution in [0.15, 0.2) is 30.4 Å². The van der Waals surface area contributed by atoms with Crippen LogP contribution in [0.1, 0.15) is 57.1 Å². The fourth-order valence-electron chi connectivity index (χ4n) is 8.49. The number of carbonyl (C=O) groups is 2. The molecule has 6 atom stereocenters. The Bertz CT molecular complexity index is 1330. The fourth-order valence-corrected chi connectivity index (χ4v) is 8.49. The highest BCUT2D eigenvalue weighted by Crippen LogP contribution is 2.54. The summed E-state index contributed by atoms with van der Waals surface area (Å²) >= 11 is 0. The molecule has 11 heteroatoms. The van der Waals surface area contributed by atoms with Crippen LogP contribution < -0.4 is 21.3 Å². The number of hydrazine groups is 1. The second-order valence-corrected chi connectivity index (χ2v) is 14.5. The number of fused-ring (bicyclic) bond motifs is 7. The molecule has 1 saturated carbocycles. The van der Waals surface area contributed by atoms with Crippen LogP contribution in [-0.4, -0.2) is 102 Å². The topological polar surface area (TPSA) is 104 Å². The van der Waals surface area contributed by atoms with Gasteiger partial charge in [0.05, 0.1) is 30.9 Å². The summed E-state index contributed by atoms with van der Waals surface area (Å²) < 4.78 is 6.02. The number of ether oxygens (including phenoxy) is 1. The Morgan fingerprint density at radius 2 is 1.93 bits per heavy atom. The predicted octanol–water partition coefficient (Wildman–Crippen LogP) is 1.30. The first kappa shape index (κ1) is 28.0. The van der Waals surface area contributed by atoms with Gasteiger partial charge in [0.25, 0.3) is 0 Å². The predicted molar refractivity (Wildman–Crippen MR) is 162 cm³/mol. The summed E-state index contributed by atoms with van der Waals surface area (Å²) in [6, 6.07) is 6.84. The van der Waals surface area contributed by atoms with Crippen molar-refractivity contribution in [3.63, 3.8) is 0 Å². The molecule has 6 heterocycles. The van der Waals surface area contributed by atoms with Crippen LogP contribution in [0.25, 0.3) is 0 Å². The van der Waals surface area contributed by atoms with Gasteiger partial charge in [-0.15, -0.1) is 0 Å². The molecule has 7 aliphatic rings. The van der Waals surface area contributed by atoms with Crippen molar-refractivity contribution in [1.82, 2.24) is 35.8 Å². The van der Waals surface area contributed by atoms with E-state index in [1.54, 1.807) is 0 Å². The summed E-state index contributed by atoms with van der Waals surface area (Å²) in [7, 11) is 2.26. The van der Waals surface area contributed by atoms with E-state index in [-0.39, 0.29) is 66.2 Å². The number of amides is 2. The molecule has 4 N–H and O–H groups in total. The van der Waals surface area contributed by atoms with Crippen molar-refractivity contribution in [1.29, 1.82) is 0 Å². The van der Waals surface area contributed by atoms with Crippen LogP contribution in [0.4, 0.5) is 5.69 Å². The van der Waals surface area contributed by atoms with Gasteiger partial charge in [-0.3, -0.25) is 35.4 Å². The second-order valence-electron chi connectivity index (χ2n) is 14.5. The lowest BCUT2D eigenvalue weighted by molar-refractivity contribution is -0.179. The molecular weight excluding hydrogens is 544 g/mol. The minimum atomic E-state index is -0.210. The number of benzene rings is 1. The number of anilines is 1. The van der Waals surface area contributed by atoms with Gasteiger partial charge >= 0.3 is 0 Å². The van der Waals surface area contributed by atoms with E-state index in [2.05, 4.69) is 82.4 Å². The maximum absolute atomic E-state index is 13.9. The number of rotatable bonds is 2. The minimum absolute atomic E-state index is 0.0317. The summed E-state index contributed by atoms with van der Waals surface area (Å²) in [5, 5.41) is 19.0. The maximum atomic E-state index is 13.9.